The van der Waals surface area contributed by atoms with Crippen molar-refractivity contribution in [3.05, 3.63) is 54.0 Å². The molecular weight excluding hydrogens is 339 g/mol. The van der Waals surface area contributed by atoms with Gasteiger partial charge in [0.2, 0.25) is 0 Å². The molecule has 2 aromatic carbocycles. The highest BCUT2D eigenvalue weighted by Gasteiger charge is 2.14. The van der Waals surface area contributed by atoms with Crippen LogP contribution in [0.25, 0.3) is 21.9 Å². The van der Waals surface area contributed by atoms with Crippen molar-refractivity contribution in [2.75, 3.05) is 17.6 Å². The van der Waals surface area contributed by atoms with Gasteiger partial charge in [-0.3, -0.25) is 0 Å². The van der Waals surface area contributed by atoms with Crippen molar-refractivity contribution in [1.29, 1.82) is 0 Å². The summed E-state index contributed by atoms with van der Waals surface area (Å²) in [7, 11) is 0. The van der Waals surface area contributed by atoms with Crippen molar-refractivity contribution in [3.8, 4) is 11.1 Å². The van der Waals surface area contributed by atoms with E-state index < -0.39 is 0 Å². The van der Waals surface area contributed by atoms with E-state index in [-0.39, 0.29) is 11.9 Å². The molecule has 0 aliphatic heterocycles. The van der Waals surface area contributed by atoms with E-state index in [1.54, 1.807) is 12.3 Å². The number of nitrogens with two attached hydrogens (primary N) is 2. The molecule has 1 atom stereocenters. The molecule has 0 radical (unpaired) electrons. The van der Waals surface area contributed by atoms with E-state index in [1.165, 1.54) is 6.07 Å². The van der Waals surface area contributed by atoms with E-state index in [0.717, 1.165) is 46.8 Å². The van der Waals surface area contributed by atoms with Crippen LogP contribution in [-0.4, -0.2) is 17.6 Å². The maximum atomic E-state index is 14.6. The molecule has 142 valence electrons. The molecule has 3 rings (SSSR count). The van der Waals surface area contributed by atoms with E-state index in [4.69, 9.17) is 11.5 Å². The van der Waals surface area contributed by atoms with Crippen molar-refractivity contribution in [1.82, 2.24) is 4.98 Å². The van der Waals surface area contributed by atoms with Crippen LogP contribution in [-0.2, 0) is 0 Å². The highest BCUT2D eigenvalue weighted by Crippen LogP contribution is 2.34. The second kappa shape index (κ2) is 8.35. The number of nitrogens with one attached hydrogen (secondary N) is 1. The third-order valence-corrected chi connectivity index (χ3v) is 4.92. The van der Waals surface area contributed by atoms with Crippen LogP contribution in [0.2, 0.25) is 0 Å². The molecule has 0 saturated heterocycles. The predicted octanol–water partition coefficient (Wildman–Crippen LogP) is 4.86. The van der Waals surface area contributed by atoms with Gasteiger partial charge in [0.15, 0.2) is 0 Å². The topological polar surface area (TPSA) is 77.0 Å². The number of fused-ring (bicyclic) bond motifs is 1. The van der Waals surface area contributed by atoms with Gasteiger partial charge >= 0.3 is 0 Å². The minimum atomic E-state index is -0.231. The fraction of sp³-hybridized carbons (Fsp3) is 0.318. The van der Waals surface area contributed by atoms with Gasteiger partial charge in [0, 0.05) is 40.8 Å². The van der Waals surface area contributed by atoms with E-state index in [0.29, 0.717) is 17.9 Å². The minimum Gasteiger partial charge on any atom is -0.384 e. The summed E-state index contributed by atoms with van der Waals surface area (Å²) in [4.78, 5) is 4.21. The number of aryl methyl sites for hydroxylation is 1. The molecule has 4 nitrogen and oxygen atoms in total. The normalized spacial score (nSPS) is 12.3. The Morgan fingerprint density at radius 1 is 1.22 bits per heavy atom. The van der Waals surface area contributed by atoms with Gasteiger partial charge in [0.1, 0.15) is 11.6 Å². The fourth-order valence-corrected chi connectivity index (χ4v) is 3.45. The van der Waals surface area contributed by atoms with Crippen molar-refractivity contribution < 1.29 is 4.39 Å². The Labute approximate surface area is 159 Å². The first kappa shape index (κ1) is 19.1. The zero-order chi connectivity index (χ0) is 19.4. The Balaban J connectivity index is 2.13. The van der Waals surface area contributed by atoms with Crippen molar-refractivity contribution >= 4 is 22.3 Å². The summed E-state index contributed by atoms with van der Waals surface area (Å²) < 4.78 is 14.6. The minimum absolute atomic E-state index is 0.152. The molecule has 1 heterocycles. The third kappa shape index (κ3) is 4.19. The lowest BCUT2D eigenvalue weighted by Gasteiger charge is -2.21. The van der Waals surface area contributed by atoms with Crippen LogP contribution in [0.3, 0.4) is 0 Å². The molecule has 3 aromatic rings. The number of anilines is 2. The van der Waals surface area contributed by atoms with E-state index in [2.05, 4.69) is 17.2 Å². The van der Waals surface area contributed by atoms with Gasteiger partial charge in [0.05, 0.1) is 0 Å². The van der Waals surface area contributed by atoms with Gasteiger partial charge in [-0.15, -0.1) is 0 Å². The van der Waals surface area contributed by atoms with Crippen LogP contribution in [0.5, 0.6) is 0 Å². The Kier molecular flexibility index (Phi) is 5.91. The fourth-order valence-electron chi connectivity index (χ4n) is 3.45. The van der Waals surface area contributed by atoms with Gasteiger partial charge < -0.3 is 16.8 Å². The number of rotatable bonds is 7. The second-order valence-corrected chi connectivity index (χ2v) is 7.01. The lowest BCUT2D eigenvalue weighted by atomic mass is 9.96. The van der Waals surface area contributed by atoms with Gasteiger partial charge in [-0.25, -0.2) is 9.37 Å². The van der Waals surface area contributed by atoms with Crippen LogP contribution in [0.4, 0.5) is 15.9 Å². The highest BCUT2D eigenvalue weighted by atomic mass is 19.1. The van der Waals surface area contributed by atoms with Crippen LogP contribution >= 0.6 is 0 Å². The molecule has 27 heavy (non-hydrogen) atoms. The van der Waals surface area contributed by atoms with Crippen LogP contribution in [0, 0.1) is 12.7 Å². The lowest BCUT2D eigenvalue weighted by molar-refractivity contribution is 0.614. The molecular formula is C22H27FN4. The Morgan fingerprint density at radius 3 is 2.74 bits per heavy atom. The average molecular weight is 366 g/mol. The summed E-state index contributed by atoms with van der Waals surface area (Å²) in [6.07, 6.45) is 4.93. The highest BCUT2D eigenvalue weighted by molar-refractivity contribution is 5.98. The number of pyridine rings is 1. The summed E-state index contributed by atoms with van der Waals surface area (Å²) in [5.74, 6) is 0.225. The quantitative estimate of drug-likeness (QED) is 0.558. The molecule has 0 bridgehead atoms. The molecule has 0 fully saturated rings. The standard InChI is InChI=1S/C22H27FN4/c1-3-4-7-17(12-24)27-20-10-15(22-14(2)6-5-8-19(22)23)9-16-13-26-21(25)11-18(16)20/h5-6,8-11,13,17,27H,3-4,7,12,24H2,1-2H3,(H2,25,26)/t17-/m1/s1. The number of unbranched alkanes of at least 4 members (excludes halogenated alkanes) is 1. The molecule has 0 aliphatic carbocycles. The van der Waals surface area contributed by atoms with Gasteiger partial charge in [-0.05, 0) is 48.7 Å². The van der Waals surface area contributed by atoms with E-state index >= 15 is 0 Å². The molecule has 0 saturated carbocycles. The Hall–Kier alpha value is -2.66. The van der Waals surface area contributed by atoms with Crippen molar-refractivity contribution in [2.24, 2.45) is 5.73 Å². The number of aromatic nitrogens is 1. The van der Waals surface area contributed by atoms with Crippen LogP contribution in [0.15, 0.2) is 42.6 Å². The molecule has 0 spiro atoms. The largest absolute Gasteiger partial charge is 0.384 e. The first-order valence-electron chi connectivity index (χ1n) is 9.44. The van der Waals surface area contributed by atoms with Gasteiger partial charge in [-0.1, -0.05) is 31.9 Å². The van der Waals surface area contributed by atoms with E-state index in [1.807, 2.05) is 31.2 Å². The number of nitrogens with zero attached hydrogens (tertiary/aromatic N) is 1. The molecule has 1 aromatic heterocycles. The molecule has 5 N–H and O–H groups in total. The third-order valence-electron chi connectivity index (χ3n) is 4.92. The lowest BCUT2D eigenvalue weighted by Crippen LogP contribution is -2.28. The van der Waals surface area contributed by atoms with Crippen LogP contribution < -0.4 is 16.8 Å². The zero-order valence-electron chi connectivity index (χ0n) is 15.9. The predicted molar refractivity (Wildman–Crippen MR) is 112 cm³/mol. The first-order chi connectivity index (χ1) is 13.0. The summed E-state index contributed by atoms with van der Waals surface area (Å²) in [5, 5.41) is 5.43. The number of nitrogen functional groups attached to an aromatic ring is 1. The number of benzene rings is 2. The molecule has 0 unspecified atom stereocenters. The Morgan fingerprint density at radius 2 is 2.04 bits per heavy atom. The van der Waals surface area contributed by atoms with Crippen molar-refractivity contribution in [3.63, 3.8) is 0 Å². The summed E-state index contributed by atoms with van der Waals surface area (Å²) in [6, 6.07) is 11.1. The summed E-state index contributed by atoms with van der Waals surface area (Å²) in [5.41, 5.74) is 15.1. The number of hydrogen-bond donors (Lipinski definition) is 3. The maximum absolute atomic E-state index is 14.6. The summed E-state index contributed by atoms with van der Waals surface area (Å²) >= 11 is 0. The van der Waals surface area contributed by atoms with Gasteiger partial charge in [0.25, 0.3) is 0 Å². The average Bonchev–Trinajstić information content (AvgIpc) is 2.65. The Bertz CT molecular complexity index is 919. The zero-order valence-corrected chi connectivity index (χ0v) is 15.9. The first-order valence-corrected chi connectivity index (χ1v) is 9.44. The monoisotopic (exact) mass is 366 g/mol. The molecule has 0 amide bonds. The molecule has 5 heteroatoms. The van der Waals surface area contributed by atoms with Crippen molar-refractivity contribution in [2.45, 2.75) is 39.2 Å². The number of halogens is 1. The smallest absolute Gasteiger partial charge is 0.131 e. The molecule has 0 aliphatic rings. The SMILES string of the molecule is CCCC[C@H](CN)Nc1cc(-c2c(C)cccc2F)cc2cnc(N)cc12. The van der Waals surface area contributed by atoms with E-state index in [9.17, 15) is 4.39 Å². The van der Waals surface area contributed by atoms with Crippen LogP contribution in [0.1, 0.15) is 31.7 Å². The van der Waals surface area contributed by atoms with Gasteiger partial charge in [-0.2, -0.15) is 0 Å². The second-order valence-electron chi connectivity index (χ2n) is 7.01. The number of hydrogen-bond acceptors (Lipinski definition) is 4. The maximum Gasteiger partial charge on any atom is 0.131 e. The summed E-state index contributed by atoms with van der Waals surface area (Å²) in [6.45, 7) is 4.61.